The molecule has 134 valence electrons. The van der Waals surface area contributed by atoms with Crippen LogP contribution in [0, 0.1) is 0 Å². The fourth-order valence-corrected chi connectivity index (χ4v) is 3.00. The fourth-order valence-electron chi connectivity index (χ4n) is 2.80. The molecule has 1 aromatic carbocycles. The quantitative estimate of drug-likeness (QED) is 0.870. The molecule has 1 unspecified atom stereocenters. The summed E-state index contributed by atoms with van der Waals surface area (Å²) in [5.41, 5.74) is 0.350. The molecule has 0 bridgehead atoms. The Hall–Kier alpha value is -1.30. The Morgan fingerprint density at radius 2 is 2.08 bits per heavy atom. The summed E-state index contributed by atoms with van der Waals surface area (Å²) in [6.45, 7) is 7.79. The monoisotopic (exact) mass is 354 g/mol. The highest BCUT2D eigenvalue weighted by Crippen LogP contribution is 2.20. The second-order valence-corrected chi connectivity index (χ2v) is 7.73. The highest BCUT2D eigenvalue weighted by Gasteiger charge is 2.24. The summed E-state index contributed by atoms with van der Waals surface area (Å²) < 4.78 is 5.28. The van der Waals surface area contributed by atoms with Crippen molar-refractivity contribution >= 4 is 17.7 Å². The van der Waals surface area contributed by atoms with E-state index >= 15 is 0 Å². The molecule has 0 spiro atoms. The van der Waals surface area contributed by atoms with Gasteiger partial charge in [-0.2, -0.15) is 0 Å². The van der Waals surface area contributed by atoms with Crippen molar-refractivity contribution in [3.63, 3.8) is 0 Å². The van der Waals surface area contributed by atoms with Crippen LogP contribution in [-0.2, 0) is 4.74 Å². The summed E-state index contributed by atoms with van der Waals surface area (Å²) in [5.74, 6) is 0. The van der Waals surface area contributed by atoms with Crippen molar-refractivity contribution in [1.29, 1.82) is 0 Å². The molecule has 1 fully saturated rings. The molecule has 0 radical (unpaired) electrons. The normalized spacial score (nSPS) is 18.2. The van der Waals surface area contributed by atoms with E-state index in [2.05, 4.69) is 10.2 Å². The van der Waals surface area contributed by atoms with Crippen LogP contribution in [0.5, 0.6) is 0 Å². The Balaban J connectivity index is 1.75. The average molecular weight is 355 g/mol. The number of likely N-dealkylation sites (tertiary alicyclic amines) is 1. The Bertz CT molecular complexity index is 551. The molecule has 1 aromatic rings. The lowest BCUT2D eigenvalue weighted by molar-refractivity contribution is 0.0459. The maximum Gasteiger partial charge on any atom is 0.407 e. The summed E-state index contributed by atoms with van der Waals surface area (Å²) in [6.07, 6.45) is 0.780. The van der Waals surface area contributed by atoms with E-state index in [1.54, 1.807) is 12.1 Å². The Morgan fingerprint density at radius 1 is 1.42 bits per heavy atom. The number of alkyl carbamates (subject to hydrolysis) is 1. The predicted octanol–water partition coefficient (Wildman–Crippen LogP) is 3.36. The molecule has 0 aromatic heterocycles. The van der Waals surface area contributed by atoms with Crippen LogP contribution in [0.2, 0.25) is 5.02 Å². The zero-order valence-corrected chi connectivity index (χ0v) is 15.3. The van der Waals surface area contributed by atoms with Crippen LogP contribution >= 0.6 is 11.6 Å². The van der Waals surface area contributed by atoms with E-state index in [1.165, 1.54) is 0 Å². The first kappa shape index (κ1) is 19.0. The first-order chi connectivity index (χ1) is 11.2. The topological polar surface area (TPSA) is 61.8 Å². The van der Waals surface area contributed by atoms with E-state index in [4.69, 9.17) is 16.3 Å². The number of ether oxygens (including phenoxy) is 1. The lowest BCUT2D eigenvalue weighted by Gasteiger charge is -2.33. The molecule has 0 aliphatic carbocycles. The number of halogens is 1. The van der Waals surface area contributed by atoms with Crippen LogP contribution in [0.3, 0.4) is 0 Å². The van der Waals surface area contributed by atoms with Gasteiger partial charge < -0.3 is 20.1 Å². The highest BCUT2D eigenvalue weighted by atomic mass is 35.5. The number of amides is 1. The lowest BCUT2D eigenvalue weighted by atomic mass is 10.0. The van der Waals surface area contributed by atoms with Crippen LogP contribution in [0.4, 0.5) is 4.79 Å². The number of carbonyl (C=O) groups is 1. The third kappa shape index (κ3) is 6.30. The van der Waals surface area contributed by atoms with Gasteiger partial charge in [-0.05, 0) is 51.3 Å². The van der Waals surface area contributed by atoms with Crippen LogP contribution in [0.15, 0.2) is 24.3 Å². The van der Waals surface area contributed by atoms with Gasteiger partial charge in [0.25, 0.3) is 0 Å². The minimum atomic E-state index is -0.556. The van der Waals surface area contributed by atoms with Crippen molar-refractivity contribution in [3.8, 4) is 0 Å². The van der Waals surface area contributed by atoms with Gasteiger partial charge in [-0.25, -0.2) is 4.79 Å². The average Bonchev–Trinajstić information content (AvgIpc) is 2.47. The van der Waals surface area contributed by atoms with Gasteiger partial charge in [-0.1, -0.05) is 23.7 Å². The summed E-state index contributed by atoms with van der Waals surface area (Å²) >= 11 is 5.97. The molecular weight excluding hydrogens is 328 g/mol. The minimum absolute atomic E-state index is 0.124. The Kier molecular flexibility index (Phi) is 6.49. The zero-order valence-electron chi connectivity index (χ0n) is 14.6. The predicted molar refractivity (Wildman–Crippen MR) is 95.2 cm³/mol. The number of nitrogens with zero attached hydrogens (tertiary/aromatic N) is 1. The van der Waals surface area contributed by atoms with Gasteiger partial charge in [0.05, 0.1) is 6.10 Å². The first-order valence-electron chi connectivity index (χ1n) is 8.38. The fraction of sp³-hybridized carbons (Fsp3) is 0.611. The molecule has 24 heavy (non-hydrogen) atoms. The number of aliphatic hydroxyl groups excluding tert-OH is 1. The van der Waals surface area contributed by atoms with Crippen molar-refractivity contribution in [2.75, 3.05) is 19.6 Å². The molecule has 2 rings (SSSR count). The largest absolute Gasteiger partial charge is 0.444 e. The van der Waals surface area contributed by atoms with Crippen molar-refractivity contribution in [3.05, 3.63) is 34.9 Å². The standard InChI is InChI=1S/C18H27ClN2O3/c1-18(2,3)24-17(23)20-15-7-9-21(10-8-15)12-16(22)13-5-4-6-14(19)11-13/h4-6,11,15-16,22H,7-10,12H2,1-3H3,(H,20,23). The second kappa shape index (κ2) is 8.19. The van der Waals surface area contributed by atoms with Crippen LogP contribution in [-0.4, -0.2) is 47.4 Å². The second-order valence-electron chi connectivity index (χ2n) is 7.29. The first-order valence-corrected chi connectivity index (χ1v) is 8.76. The van der Waals surface area contributed by atoms with Gasteiger partial charge in [0, 0.05) is 30.7 Å². The maximum absolute atomic E-state index is 11.8. The van der Waals surface area contributed by atoms with Crippen molar-refractivity contribution in [2.45, 2.75) is 51.4 Å². The summed E-state index contributed by atoms with van der Waals surface area (Å²) in [7, 11) is 0. The molecule has 2 N–H and O–H groups in total. The van der Waals surface area contributed by atoms with Gasteiger partial charge in [0.1, 0.15) is 5.60 Å². The maximum atomic E-state index is 11.8. The van der Waals surface area contributed by atoms with Crippen LogP contribution < -0.4 is 5.32 Å². The number of aliphatic hydroxyl groups is 1. The van der Waals surface area contributed by atoms with E-state index in [0.717, 1.165) is 31.5 Å². The Morgan fingerprint density at radius 3 is 2.67 bits per heavy atom. The van der Waals surface area contributed by atoms with E-state index in [1.807, 2.05) is 32.9 Å². The van der Waals surface area contributed by atoms with E-state index < -0.39 is 11.7 Å². The number of rotatable bonds is 4. The number of nitrogens with one attached hydrogen (secondary N) is 1. The molecule has 5 nitrogen and oxygen atoms in total. The van der Waals surface area contributed by atoms with E-state index in [9.17, 15) is 9.90 Å². The molecule has 0 saturated carbocycles. The number of benzene rings is 1. The van der Waals surface area contributed by atoms with Crippen molar-refractivity contribution in [1.82, 2.24) is 10.2 Å². The van der Waals surface area contributed by atoms with Gasteiger partial charge in [0.15, 0.2) is 0 Å². The minimum Gasteiger partial charge on any atom is -0.444 e. The molecule has 1 atom stereocenters. The number of carbonyl (C=O) groups excluding carboxylic acids is 1. The molecule has 1 heterocycles. The summed E-state index contributed by atoms with van der Waals surface area (Å²) in [5, 5.41) is 13.9. The zero-order chi connectivity index (χ0) is 17.7. The lowest BCUT2D eigenvalue weighted by Crippen LogP contribution is -2.46. The Labute approximate surface area is 148 Å². The van der Waals surface area contributed by atoms with Gasteiger partial charge >= 0.3 is 6.09 Å². The SMILES string of the molecule is CC(C)(C)OC(=O)NC1CCN(CC(O)c2cccc(Cl)c2)CC1. The molecule has 1 aliphatic rings. The van der Waals surface area contributed by atoms with Crippen LogP contribution in [0.1, 0.15) is 45.3 Å². The number of piperidine rings is 1. The molecule has 1 saturated heterocycles. The van der Waals surface area contributed by atoms with Gasteiger partial charge in [-0.15, -0.1) is 0 Å². The van der Waals surface area contributed by atoms with Gasteiger partial charge in [-0.3, -0.25) is 0 Å². The van der Waals surface area contributed by atoms with E-state index in [-0.39, 0.29) is 12.1 Å². The summed E-state index contributed by atoms with van der Waals surface area (Å²) in [6, 6.07) is 7.44. The van der Waals surface area contributed by atoms with Crippen molar-refractivity contribution in [2.24, 2.45) is 0 Å². The molecule has 1 amide bonds. The number of hydrogen-bond donors (Lipinski definition) is 2. The van der Waals surface area contributed by atoms with E-state index in [0.29, 0.717) is 11.6 Å². The third-order valence-corrected chi connectivity index (χ3v) is 4.21. The smallest absolute Gasteiger partial charge is 0.407 e. The third-order valence-electron chi connectivity index (χ3n) is 3.97. The van der Waals surface area contributed by atoms with Crippen molar-refractivity contribution < 1.29 is 14.6 Å². The highest BCUT2D eigenvalue weighted by molar-refractivity contribution is 6.30. The van der Waals surface area contributed by atoms with Gasteiger partial charge in [0.2, 0.25) is 0 Å². The number of β-amino-alcohol motifs (C(OH)–C–C–N with tert-alkyl or cyclic N) is 1. The molecular formula is C18H27ClN2O3. The number of hydrogen-bond acceptors (Lipinski definition) is 4. The van der Waals surface area contributed by atoms with Crippen LogP contribution in [0.25, 0.3) is 0 Å². The molecule has 1 aliphatic heterocycles. The molecule has 6 heteroatoms. The summed E-state index contributed by atoms with van der Waals surface area (Å²) in [4.78, 5) is 14.0.